The monoisotopic (exact) mass is 300 g/mol. The van der Waals surface area contributed by atoms with E-state index in [0.29, 0.717) is 23.1 Å². The second-order valence-corrected chi connectivity index (χ2v) is 5.90. The van der Waals surface area contributed by atoms with Gasteiger partial charge in [0.2, 0.25) is 5.91 Å². The summed E-state index contributed by atoms with van der Waals surface area (Å²) < 4.78 is 0. The molecule has 1 amide bonds. The van der Waals surface area contributed by atoms with Crippen molar-refractivity contribution in [2.45, 2.75) is 26.3 Å². The average Bonchev–Trinajstić information content (AvgIpc) is 2.36. The van der Waals surface area contributed by atoms with E-state index in [1.54, 1.807) is 6.07 Å². The zero-order valence-corrected chi connectivity index (χ0v) is 12.6. The van der Waals surface area contributed by atoms with Gasteiger partial charge in [0.05, 0.1) is 6.04 Å². The molecule has 0 saturated heterocycles. The molecule has 1 aliphatic rings. The Kier molecular flexibility index (Phi) is 4.39. The maximum Gasteiger partial charge on any atom is 0.227 e. The highest BCUT2D eigenvalue weighted by atomic mass is 35.5. The van der Waals surface area contributed by atoms with Crippen LogP contribution >= 0.6 is 23.2 Å². The molecule has 0 bridgehead atoms. The van der Waals surface area contributed by atoms with Gasteiger partial charge in [-0.2, -0.15) is 0 Å². The van der Waals surface area contributed by atoms with Crippen molar-refractivity contribution in [1.29, 1.82) is 0 Å². The number of carbonyl (C=O) groups excluding carboxylic acids is 1. The Balaban J connectivity index is 2.34. The number of fused-ring (bicyclic) bond motifs is 1. The van der Waals surface area contributed by atoms with Crippen LogP contribution in [-0.2, 0) is 11.2 Å². The lowest BCUT2D eigenvalue weighted by molar-refractivity contribution is -0.137. The fourth-order valence-electron chi connectivity index (χ4n) is 2.59. The third-order valence-corrected chi connectivity index (χ3v) is 4.28. The van der Waals surface area contributed by atoms with Gasteiger partial charge in [0.15, 0.2) is 0 Å². The number of amides is 1. The molecule has 1 aliphatic heterocycles. The summed E-state index contributed by atoms with van der Waals surface area (Å²) >= 11 is 12.3. The van der Waals surface area contributed by atoms with Crippen molar-refractivity contribution >= 4 is 29.1 Å². The van der Waals surface area contributed by atoms with E-state index in [9.17, 15) is 4.79 Å². The Morgan fingerprint density at radius 3 is 2.84 bits per heavy atom. The SMILES string of the molecule is CC(CN)C(=O)N1CCc2cc(Cl)cc(Cl)c2C1C. The largest absolute Gasteiger partial charge is 0.335 e. The summed E-state index contributed by atoms with van der Waals surface area (Å²) in [6.45, 7) is 4.91. The lowest BCUT2D eigenvalue weighted by Crippen LogP contribution is -2.43. The number of halogens is 2. The van der Waals surface area contributed by atoms with Crippen LogP contribution in [0.4, 0.5) is 0 Å². The smallest absolute Gasteiger partial charge is 0.227 e. The first kappa shape index (κ1) is 14.6. The van der Waals surface area contributed by atoms with Crippen molar-refractivity contribution < 1.29 is 4.79 Å². The van der Waals surface area contributed by atoms with Crippen molar-refractivity contribution in [3.63, 3.8) is 0 Å². The van der Waals surface area contributed by atoms with E-state index in [1.165, 1.54) is 0 Å². The summed E-state index contributed by atoms with van der Waals surface area (Å²) in [7, 11) is 0. The molecule has 0 radical (unpaired) electrons. The Bertz CT molecular complexity index is 504. The molecule has 5 heteroatoms. The minimum atomic E-state index is -0.157. The molecule has 2 atom stereocenters. The standard InChI is InChI=1S/C14H18Cl2N2O/c1-8(7-17)14(19)18-4-3-10-5-11(15)6-12(16)13(10)9(18)2/h5-6,8-9H,3-4,7,17H2,1-2H3. The van der Waals surface area contributed by atoms with E-state index >= 15 is 0 Å². The minimum Gasteiger partial charge on any atom is -0.335 e. The van der Waals surface area contributed by atoms with Crippen LogP contribution in [0, 0.1) is 5.92 Å². The first-order valence-corrected chi connectivity index (χ1v) is 7.19. The molecule has 104 valence electrons. The van der Waals surface area contributed by atoms with Crippen molar-refractivity contribution in [3.8, 4) is 0 Å². The van der Waals surface area contributed by atoms with Crippen LogP contribution in [0.15, 0.2) is 12.1 Å². The first-order chi connectivity index (χ1) is 8.95. The van der Waals surface area contributed by atoms with Gasteiger partial charge in [0.1, 0.15) is 0 Å². The summed E-state index contributed by atoms with van der Waals surface area (Å²) in [4.78, 5) is 14.2. The number of carbonyl (C=O) groups is 1. The molecular weight excluding hydrogens is 283 g/mol. The number of rotatable bonds is 2. The third kappa shape index (κ3) is 2.73. The van der Waals surface area contributed by atoms with Crippen molar-refractivity contribution in [2.75, 3.05) is 13.1 Å². The van der Waals surface area contributed by atoms with Crippen molar-refractivity contribution in [1.82, 2.24) is 4.90 Å². The highest BCUT2D eigenvalue weighted by Crippen LogP contribution is 2.37. The number of benzene rings is 1. The van der Waals surface area contributed by atoms with Gasteiger partial charge in [-0.15, -0.1) is 0 Å². The fourth-order valence-corrected chi connectivity index (χ4v) is 3.28. The highest BCUT2D eigenvalue weighted by Gasteiger charge is 2.31. The average molecular weight is 301 g/mol. The van der Waals surface area contributed by atoms with E-state index in [4.69, 9.17) is 28.9 Å². The van der Waals surface area contributed by atoms with E-state index in [0.717, 1.165) is 17.5 Å². The second-order valence-electron chi connectivity index (χ2n) is 5.05. The Morgan fingerprint density at radius 2 is 2.21 bits per heavy atom. The van der Waals surface area contributed by atoms with Gasteiger partial charge in [-0.1, -0.05) is 30.1 Å². The van der Waals surface area contributed by atoms with Gasteiger partial charge in [0.25, 0.3) is 0 Å². The van der Waals surface area contributed by atoms with Crippen LogP contribution in [0.25, 0.3) is 0 Å². The van der Waals surface area contributed by atoms with E-state index in [1.807, 2.05) is 24.8 Å². The fraction of sp³-hybridized carbons (Fsp3) is 0.500. The first-order valence-electron chi connectivity index (χ1n) is 6.44. The van der Waals surface area contributed by atoms with E-state index in [2.05, 4.69) is 0 Å². The molecule has 19 heavy (non-hydrogen) atoms. The third-order valence-electron chi connectivity index (χ3n) is 3.75. The molecule has 3 nitrogen and oxygen atoms in total. The Hall–Kier alpha value is -0.770. The topological polar surface area (TPSA) is 46.3 Å². The van der Waals surface area contributed by atoms with Crippen molar-refractivity contribution in [3.05, 3.63) is 33.3 Å². The zero-order chi connectivity index (χ0) is 14.2. The lowest BCUT2D eigenvalue weighted by Gasteiger charge is -2.37. The number of hydrogen-bond acceptors (Lipinski definition) is 2. The number of nitrogens with zero attached hydrogens (tertiary/aromatic N) is 1. The van der Waals surface area contributed by atoms with Gasteiger partial charge in [0, 0.05) is 29.1 Å². The van der Waals surface area contributed by atoms with Crippen LogP contribution < -0.4 is 5.73 Å². The summed E-state index contributed by atoms with van der Waals surface area (Å²) in [5, 5.41) is 1.28. The normalized spacial score (nSPS) is 20.1. The number of nitrogens with two attached hydrogens (primary N) is 1. The van der Waals surface area contributed by atoms with E-state index in [-0.39, 0.29) is 17.9 Å². The van der Waals surface area contributed by atoms with Crippen LogP contribution in [0.1, 0.15) is 31.0 Å². The molecule has 1 aromatic rings. The molecule has 1 heterocycles. The zero-order valence-electron chi connectivity index (χ0n) is 11.1. The summed E-state index contributed by atoms with van der Waals surface area (Å²) in [5.74, 6) is -0.0678. The molecule has 0 aromatic heterocycles. The van der Waals surface area contributed by atoms with Crippen molar-refractivity contribution in [2.24, 2.45) is 11.7 Å². The van der Waals surface area contributed by atoms with Crippen LogP contribution in [0.2, 0.25) is 10.0 Å². The predicted octanol–water partition coefficient (Wildman–Crippen LogP) is 3.03. The quantitative estimate of drug-likeness (QED) is 0.912. The molecule has 2 rings (SSSR count). The Labute approximate surface area is 123 Å². The molecule has 2 N–H and O–H groups in total. The Morgan fingerprint density at radius 1 is 1.53 bits per heavy atom. The molecule has 0 fully saturated rings. The van der Waals surface area contributed by atoms with Gasteiger partial charge in [-0.25, -0.2) is 0 Å². The molecule has 1 aromatic carbocycles. The second kappa shape index (κ2) is 5.70. The number of hydrogen-bond donors (Lipinski definition) is 1. The van der Waals surface area contributed by atoms with Crippen LogP contribution in [0.3, 0.4) is 0 Å². The van der Waals surface area contributed by atoms with Gasteiger partial charge >= 0.3 is 0 Å². The summed E-state index contributed by atoms with van der Waals surface area (Å²) in [6, 6.07) is 3.64. The molecule has 0 spiro atoms. The molecule has 0 saturated carbocycles. The minimum absolute atomic E-state index is 0.0324. The molecule has 0 aliphatic carbocycles. The van der Waals surface area contributed by atoms with Gasteiger partial charge < -0.3 is 10.6 Å². The molecule has 2 unspecified atom stereocenters. The highest BCUT2D eigenvalue weighted by molar-refractivity contribution is 6.35. The van der Waals surface area contributed by atoms with E-state index < -0.39 is 0 Å². The van der Waals surface area contributed by atoms with Crippen LogP contribution in [-0.4, -0.2) is 23.9 Å². The summed E-state index contributed by atoms with van der Waals surface area (Å²) in [6.07, 6.45) is 0.781. The predicted molar refractivity (Wildman–Crippen MR) is 78.5 cm³/mol. The maximum absolute atomic E-state index is 12.3. The van der Waals surface area contributed by atoms with Crippen LogP contribution in [0.5, 0.6) is 0 Å². The maximum atomic E-state index is 12.3. The van der Waals surface area contributed by atoms with Gasteiger partial charge in [-0.3, -0.25) is 4.79 Å². The lowest BCUT2D eigenvalue weighted by atomic mass is 9.92. The summed E-state index contributed by atoms with van der Waals surface area (Å²) in [5.41, 5.74) is 7.72. The van der Waals surface area contributed by atoms with Gasteiger partial charge in [-0.05, 0) is 36.6 Å². The molecular formula is C14H18Cl2N2O.